The molecule has 0 spiro atoms. The zero-order valence-corrected chi connectivity index (χ0v) is 15.8. The number of aromatic nitrogens is 1. The Morgan fingerprint density at radius 2 is 1.86 bits per heavy atom. The lowest BCUT2D eigenvalue weighted by molar-refractivity contribution is -0.137. The summed E-state index contributed by atoms with van der Waals surface area (Å²) < 4.78 is 45.7. The van der Waals surface area contributed by atoms with Crippen molar-refractivity contribution in [2.75, 3.05) is 31.1 Å². The molecule has 2 fully saturated rings. The number of nitrogens with zero attached hydrogens (tertiary/aromatic N) is 3. The van der Waals surface area contributed by atoms with Gasteiger partial charge in [-0.2, -0.15) is 13.2 Å². The molecule has 29 heavy (non-hydrogen) atoms. The second kappa shape index (κ2) is 7.93. The number of likely N-dealkylation sites (tertiary alicyclic amines) is 1. The first-order chi connectivity index (χ1) is 13.9. The number of anilines is 1. The number of ether oxygens (including phenoxy) is 1. The van der Waals surface area contributed by atoms with Crippen LogP contribution in [-0.2, 0) is 11.0 Å². The Bertz CT molecular complexity index is 860. The van der Waals surface area contributed by atoms with E-state index in [1.807, 2.05) is 18.2 Å². The van der Waals surface area contributed by atoms with Gasteiger partial charge in [-0.15, -0.1) is 0 Å². The number of hydrogen-bond donors (Lipinski definition) is 0. The number of piperidine rings is 1. The molecule has 1 aromatic heterocycles. The maximum atomic E-state index is 13.4. The Hall–Kier alpha value is -2.77. The molecule has 154 valence electrons. The minimum atomic E-state index is -4.46. The van der Waals surface area contributed by atoms with E-state index in [0.29, 0.717) is 31.3 Å². The quantitative estimate of drug-likeness (QED) is 0.780. The lowest BCUT2D eigenvalue weighted by Crippen LogP contribution is -2.51. The highest BCUT2D eigenvalue weighted by atomic mass is 19.4. The van der Waals surface area contributed by atoms with E-state index in [-0.39, 0.29) is 24.4 Å². The van der Waals surface area contributed by atoms with Gasteiger partial charge in [-0.25, -0.2) is 4.98 Å². The summed E-state index contributed by atoms with van der Waals surface area (Å²) in [7, 11) is 0. The zero-order valence-electron chi connectivity index (χ0n) is 15.8. The van der Waals surface area contributed by atoms with Gasteiger partial charge in [-0.1, -0.05) is 18.2 Å². The third-order valence-electron chi connectivity index (χ3n) is 5.68. The number of amides is 1. The SMILES string of the molecule is O=C(COc1ccccc1)N1CCC2CCN(c3ncccc3C(F)(F)F)CC21. The second-order valence-electron chi connectivity index (χ2n) is 7.41. The van der Waals surface area contributed by atoms with Crippen molar-refractivity contribution in [2.45, 2.75) is 25.1 Å². The fourth-order valence-corrected chi connectivity index (χ4v) is 4.26. The van der Waals surface area contributed by atoms with E-state index in [0.717, 1.165) is 18.9 Å². The molecule has 1 amide bonds. The maximum absolute atomic E-state index is 13.4. The van der Waals surface area contributed by atoms with E-state index < -0.39 is 11.7 Å². The lowest BCUT2D eigenvalue weighted by atomic mass is 9.92. The first-order valence-corrected chi connectivity index (χ1v) is 9.68. The highest BCUT2D eigenvalue weighted by Gasteiger charge is 2.43. The summed E-state index contributed by atoms with van der Waals surface area (Å²) >= 11 is 0. The van der Waals surface area contributed by atoms with Gasteiger partial charge >= 0.3 is 6.18 Å². The number of pyridine rings is 1. The summed E-state index contributed by atoms with van der Waals surface area (Å²) in [5.74, 6) is 0.716. The van der Waals surface area contributed by atoms with Gasteiger partial charge in [0.05, 0.1) is 11.6 Å². The van der Waals surface area contributed by atoms with Crippen molar-refractivity contribution in [2.24, 2.45) is 5.92 Å². The summed E-state index contributed by atoms with van der Waals surface area (Å²) in [4.78, 5) is 20.2. The average molecular weight is 405 g/mol. The van der Waals surface area contributed by atoms with Crippen LogP contribution >= 0.6 is 0 Å². The van der Waals surface area contributed by atoms with Crippen LogP contribution in [-0.4, -0.2) is 48.1 Å². The normalized spacial score (nSPS) is 21.8. The van der Waals surface area contributed by atoms with Crippen molar-refractivity contribution in [1.82, 2.24) is 9.88 Å². The molecule has 0 aliphatic carbocycles. The van der Waals surface area contributed by atoms with E-state index in [4.69, 9.17) is 4.74 Å². The van der Waals surface area contributed by atoms with Crippen LogP contribution in [0.25, 0.3) is 0 Å². The molecule has 0 radical (unpaired) electrons. The molecule has 0 saturated carbocycles. The van der Waals surface area contributed by atoms with Crippen molar-refractivity contribution in [3.8, 4) is 5.75 Å². The van der Waals surface area contributed by atoms with E-state index in [1.54, 1.807) is 21.9 Å². The van der Waals surface area contributed by atoms with Gasteiger partial charge in [-0.3, -0.25) is 4.79 Å². The van der Waals surface area contributed by atoms with E-state index >= 15 is 0 Å². The predicted octanol–water partition coefficient (Wildman–Crippen LogP) is 3.61. The topological polar surface area (TPSA) is 45.7 Å². The Balaban J connectivity index is 1.46. The van der Waals surface area contributed by atoms with Gasteiger partial charge in [0.1, 0.15) is 11.6 Å². The molecule has 2 aliphatic rings. The largest absolute Gasteiger partial charge is 0.484 e. The van der Waals surface area contributed by atoms with Crippen LogP contribution in [0, 0.1) is 5.92 Å². The van der Waals surface area contributed by atoms with Crippen molar-refractivity contribution in [3.63, 3.8) is 0 Å². The molecule has 2 saturated heterocycles. The second-order valence-corrected chi connectivity index (χ2v) is 7.41. The summed E-state index contributed by atoms with van der Waals surface area (Å²) in [6.07, 6.45) is -1.48. The van der Waals surface area contributed by atoms with Crippen LogP contribution < -0.4 is 9.64 Å². The summed E-state index contributed by atoms with van der Waals surface area (Å²) in [6.45, 7) is 1.38. The maximum Gasteiger partial charge on any atom is 0.419 e. The van der Waals surface area contributed by atoms with Crippen molar-refractivity contribution >= 4 is 11.7 Å². The molecule has 4 rings (SSSR count). The van der Waals surface area contributed by atoms with E-state index in [1.165, 1.54) is 12.3 Å². The minimum Gasteiger partial charge on any atom is -0.484 e. The Morgan fingerprint density at radius 3 is 2.62 bits per heavy atom. The molecule has 5 nitrogen and oxygen atoms in total. The summed E-state index contributed by atoms with van der Waals surface area (Å²) in [5, 5.41) is 0. The van der Waals surface area contributed by atoms with Gasteiger partial charge < -0.3 is 14.5 Å². The minimum absolute atomic E-state index is 0.0571. The Kier molecular flexibility index (Phi) is 5.34. The number of alkyl halides is 3. The third-order valence-corrected chi connectivity index (χ3v) is 5.68. The lowest BCUT2D eigenvalue weighted by Gasteiger charge is -2.39. The van der Waals surface area contributed by atoms with Crippen molar-refractivity contribution in [1.29, 1.82) is 0 Å². The molecule has 2 unspecified atom stereocenters. The van der Waals surface area contributed by atoms with Crippen LogP contribution in [0.4, 0.5) is 19.0 Å². The Morgan fingerprint density at radius 1 is 1.10 bits per heavy atom. The van der Waals surface area contributed by atoms with E-state index in [9.17, 15) is 18.0 Å². The smallest absolute Gasteiger partial charge is 0.419 e. The summed E-state index contributed by atoms with van der Waals surface area (Å²) in [5.41, 5.74) is -0.735. The van der Waals surface area contributed by atoms with E-state index in [2.05, 4.69) is 4.98 Å². The monoisotopic (exact) mass is 405 g/mol. The van der Waals surface area contributed by atoms with Crippen LogP contribution in [0.2, 0.25) is 0 Å². The first-order valence-electron chi connectivity index (χ1n) is 9.68. The number of hydrogen-bond acceptors (Lipinski definition) is 4. The summed E-state index contributed by atoms with van der Waals surface area (Å²) in [6, 6.07) is 11.3. The number of benzene rings is 1. The molecule has 2 atom stereocenters. The Labute approximate surface area is 167 Å². The van der Waals surface area contributed by atoms with Crippen molar-refractivity contribution < 1.29 is 22.7 Å². The van der Waals surface area contributed by atoms with Gasteiger partial charge in [-0.05, 0) is 43.0 Å². The average Bonchev–Trinajstić information content (AvgIpc) is 3.15. The standard InChI is InChI=1S/C21H22F3N3O2/c22-21(23,24)17-7-4-10-25-20(17)26-11-8-15-9-12-27(18(15)13-26)19(28)14-29-16-5-2-1-3-6-16/h1-7,10,15,18H,8-9,11-14H2. The molecular formula is C21H22F3N3O2. The van der Waals surface area contributed by atoms with Crippen LogP contribution in [0.5, 0.6) is 5.75 Å². The first kappa shape index (κ1) is 19.5. The van der Waals surface area contributed by atoms with Crippen LogP contribution in [0.1, 0.15) is 18.4 Å². The third kappa shape index (κ3) is 4.16. The number of fused-ring (bicyclic) bond motifs is 1. The molecule has 0 bridgehead atoms. The molecule has 2 aliphatic heterocycles. The van der Waals surface area contributed by atoms with Gasteiger partial charge in [0.2, 0.25) is 0 Å². The molecule has 1 aromatic carbocycles. The van der Waals surface area contributed by atoms with Gasteiger partial charge in [0, 0.05) is 25.8 Å². The molecule has 3 heterocycles. The molecule has 8 heteroatoms. The van der Waals surface area contributed by atoms with Gasteiger partial charge in [0.15, 0.2) is 6.61 Å². The number of carbonyl (C=O) groups is 1. The number of rotatable bonds is 4. The number of halogens is 3. The predicted molar refractivity (Wildman–Crippen MR) is 102 cm³/mol. The van der Waals surface area contributed by atoms with Crippen molar-refractivity contribution in [3.05, 3.63) is 54.2 Å². The zero-order chi connectivity index (χ0) is 20.4. The van der Waals surface area contributed by atoms with Gasteiger partial charge in [0.25, 0.3) is 5.91 Å². The number of para-hydroxylation sites is 1. The fourth-order valence-electron chi connectivity index (χ4n) is 4.26. The molecule has 0 N–H and O–H groups in total. The van der Waals surface area contributed by atoms with Crippen LogP contribution in [0.3, 0.4) is 0 Å². The van der Waals surface area contributed by atoms with Crippen LogP contribution in [0.15, 0.2) is 48.7 Å². The molecule has 2 aromatic rings. The highest BCUT2D eigenvalue weighted by Crippen LogP contribution is 2.38. The number of carbonyl (C=O) groups excluding carboxylic acids is 1. The molecular weight excluding hydrogens is 383 g/mol. The fraction of sp³-hybridized carbons (Fsp3) is 0.429. The highest BCUT2D eigenvalue weighted by molar-refractivity contribution is 5.78.